The maximum Gasteiger partial charge on any atom is 0.349 e. The Bertz CT molecular complexity index is 548. The molecule has 1 aromatic rings. The molecule has 1 heterocycles. The third kappa shape index (κ3) is 3.21. The number of nitrogens with zero attached hydrogens (tertiary/aromatic N) is 1. The lowest BCUT2D eigenvalue weighted by molar-refractivity contribution is 0.0441. The van der Waals surface area contributed by atoms with Gasteiger partial charge in [-0.25, -0.2) is 4.79 Å². The molecule has 2 rings (SSSR count). The van der Waals surface area contributed by atoms with Crippen LogP contribution in [0.2, 0.25) is 0 Å². The van der Waals surface area contributed by atoms with Gasteiger partial charge in [-0.05, 0) is 49.1 Å². The summed E-state index contributed by atoms with van der Waals surface area (Å²) in [5.41, 5.74) is 1.59. The highest BCUT2D eigenvalue weighted by Gasteiger charge is 2.30. The molecule has 0 radical (unpaired) electrons. The molecule has 0 saturated heterocycles. The van der Waals surface area contributed by atoms with Gasteiger partial charge in [0.2, 0.25) is 0 Å². The molecule has 0 aromatic carbocycles. The molecule has 108 valence electrons. The van der Waals surface area contributed by atoms with E-state index in [9.17, 15) is 4.79 Å². The molecule has 1 aliphatic carbocycles. The number of esters is 1. The third-order valence-electron chi connectivity index (χ3n) is 3.97. The Morgan fingerprint density at radius 3 is 2.85 bits per heavy atom. The molecular formula is C16H21NO2S. The highest BCUT2D eigenvalue weighted by molar-refractivity contribution is 7.14. The van der Waals surface area contributed by atoms with Crippen molar-refractivity contribution in [3.63, 3.8) is 0 Å². The Labute approximate surface area is 124 Å². The highest BCUT2D eigenvalue weighted by atomic mass is 32.1. The van der Waals surface area contributed by atoms with Gasteiger partial charge in [0.15, 0.2) is 6.10 Å². The number of fused-ring (bicyclic) bond motifs is 1. The van der Waals surface area contributed by atoms with Crippen LogP contribution in [0.3, 0.4) is 0 Å². The predicted molar refractivity (Wildman–Crippen MR) is 79.8 cm³/mol. The fourth-order valence-electron chi connectivity index (χ4n) is 2.61. The first-order valence-corrected chi connectivity index (χ1v) is 7.85. The minimum Gasteiger partial charge on any atom is -0.443 e. The van der Waals surface area contributed by atoms with Gasteiger partial charge < -0.3 is 4.74 Å². The van der Waals surface area contributed by atoms with E-state index in [1.807, 2.05) is 12.1 Å². The van der Waals surface area contributed by atoms with Crippen LogP contribution in [0.5, 0.6) is 0 Å². The molecule has 20 heavy (non-hydrogen) atoms. The normalized spacial score (nSPS) is 19.9. The fraction of sp³-hybridized carbons (Fsp3) is 0.625. The standard InChI is InChI=1S/C16H21NO2S/c1-10(9-17)19-15(18)14-8-11-7-12(16(2,3)4)5-6-13(11)20-14/h8,10,12H,5-7H2,1-4H3/t10-,12-/m1/s1. The van der Waals surface area contributed by atoms with Gasteiger partial charge in [0.25, 0.3) is 0 Å². The number of carbonyl (C=O) groups excluding carboxylic acids is 1. The van der Waals surface area contributed by atoms with Gasteiger partial charge in [-0.15, -0.1) is 11.3 Å². The first-order valence-electron chi connectivity index (χ1n) is 7.03. The summed E-state index contributed by atoms with van der Waals surface area (Å²) in [5, 5.41) is 8.69. The van der Waals surface area contributed by atoms with Crippen LogP contribution in [0.15, 0.2) is 6.07 Å². The summed E-state index contributed by atoms with van der Waals surface area (Å²) in [6.07, 6.45) is 2.57. The number of rotatable bonds is 2. The number of ether oxygens (including phenoxy) is 1. The van der Waals surface area contributed by atoms with E-state index in [1.54, 1.807) is 6.92 Å². The maximum atomic E-state index is 11.9. The summed E-state index contributed by atoms with van der Waals surface area (Å²) in [6, 6.07) is 3.88. The van der Waals surface area contributed by atoms with Gasteiger partial charge in [-0.3, -0.25) is 0 Å². The van der Waals surface area contributed by atoms with Crippen LogP contribution < -0.4 is 0 Å². The molecule has 1 aromatic heterocycles. The van der Waals surface area contributed by atoms with Crippen molar-refractivity contribution in [2.45, 2.75) is 53.1 Å². The number of carbonyl (C=O) groups is 1. The zero-order valence-corrected chi connectivity index (χ0v) is 13.3. The Kier molecular flexibility index (Phi) is 4.19. The summed E-state index contributed by atoms with van der Waals surface area (Å²) in [4.78, 5) is 13.9. The first kappa shape index (κ1) is 15.1. The lowest BCUT2D eigenvalue weighted by Crippen LogP contribution is -2.26. The molecule has 0 spiro atoms. The van der Waals surface area contributed by atoms with Crippen LogP contribution >= 0.6 is 11.3 Å². The molecule has 0 N–H and O–H groups in total. The Balaban J connectivity index is 2.13. The quantitative estimate of drug-likeness (QED) is 0.775. The van der Waals surface area contributed by atoms with E-state index in [2.05, 4.69) is 20.8 Å². The second-order valence-electron chi connectivity index (χ2n) is 6.54. The average Bonchev–Trinajstić information content (AvgIpc) is 2.80. The van der Waals surface area contributed by atoms with Gasteiger partial charge >= 0.3 is 5.97 Å². The molecule has 0 amide bonds. The molecule has 0 aliphatic heterocycles. The third-order valence-corrected chi connectivity index (χ3v) is 5.19. The SMILES string of the molecule is C[C@H](C#N)OC(=O)c1cc2c(s1)CC[C@@H](C(C)(C)C)C2. The molecule has 0 unspecified atom stereocenters. The summed E-state index contributed by atoms with van der Waals surface area (Å²) in [7, 11) is 0. The van der Waals surface area contributed by atoms with Crippen LogP contribution in [0.4, 0.5) is 0 Å². The molecule has 3 nitrogen and oxygen atoms in total. The Hall–Kier alpha value is -1.34. The Morgan fingerprint density at radius 1 is 1.55 bits per heavy atom. The van der Waals surface area contributed by atoms with E-state index in [0.29, 0.717) is 16.2 Å². The van der Waals surface area contributed by atoms with Crippen LogP contribution in [0.1, 0.15) is 54.2 Å². The summed E-state index contributed by atoms with van der Waals surface area (Å²) in [5.74, 6) is 0.289. The lowest BCUT2D eigenvalue weighted by atomic mass is 9.72. The van der Waals surface area contributed by atoms with E-state index in [-0.39, 0.29) is 5.97 Å². The van der Waals surface area contributed by atoms with Gasteiger partial charge in [0, 0.05) is 4.88 Å². The minimum absolute atomic E-state index is 0.301. The van der Waals surface area contributed by atoms with Crippen molar-refractivity contribution in [1.29, 1.82) is 5.26 Å². The molecule has 0 bridgehead atoms. The predicted octanol–water partition coefficient (Wildman–Crippen LogP) is 3.97. The molecular weight excluding hydrogens is 270 g/mol. The largest absolute Gasteiger partial charge is 0.443 e. The van der Waals surface area contributed by atoms with E-state index in [4.69, 9.17) is 10.00 Å². The molecule has 0 saturated carbocycles. The monoisotopic (exact) mass is 291 g/mol. The smallest absolute Gasteiger partial charge is 0.349 e. The Morgan fingerprint density at radius 2 is 2.25 bits per heavy atom. The summed E-state index contributed by atoms with van der Waals surface area (Å²) in [6.45, 7) is 8.41. The van der Waals surface area contributed by atoms with Gasteiger partial charge in [-0.1, -0.05) is 20.8 Å². The van der Waals surface area contributed by atoms with Crippen molar-refractivity contribution in [2.75, 3.05) is 0 Å². The van der Waals surface area contributed by atoms with E-state index < -0.39 is 6.10 Å². The van der Waals surface area contributed by atoms with E-state index in [1.165, 1.54) is 28.2 Å². The topological polar surface area (TPSA) is 50.1 Å². The maximum absolute atomic E-state index is 11.9. The van der Waals surface area contributed by atoms with E-state index >= 15 is 0 Å². The van der Waals surface area contributed by atoms with Crippen LogP contribution in [-0.4, -0.2) is 12.1 Å². The zero-order chi connectivity index (χ0) is 14.9. The average molecular weight is 291 g/mol. The van der Waals surface area contributed by atoms with Gasteiger partial charge in [0.05, 0.1) is 0 Å². The number of aryl methyl sites for hydroxylation is 1. The van der Waals surface area contributed by atoms with Crippen LogP contribution in [-0.2, 0) is 17.6 Å². The first-order chi connectivity index (χ1) is 9.31. The van der Waals surface area contributed by atoms with Gasteiger partial charge in [0.1, 0.15) is 10.9 Å². The van der Waals surface area contributed by atoms with Crippen molar-refractivity contribution in [1.82, 2.24) is 0 Å². The fourth-order valence-corrected chi connectivity index (χ4v) is 3.70. The van der Waals surface area contributed by atoms with Crippen molar-refractivity contribution >= 4 is 17.3 Å². The van der Waals surface area contributed by atoms with Crippen molar-refractivity contribution < 1.29 is 9.53 Å². The number of hydrogen-bond acceptors (Lipinski definition) is 4. The van der Waals surface area contributed by atoms with Crippen molar-refractivity contribution in [3.05, 3.63) is 21.4 Å². The zero-order valence-electron chi connectivity index (χ0n) is 12.5. The van der Waals surface area contributed by atoms with Crippen molar-refractivity contribution in [2.24, 2.45) is 11.3 Å². The minimum atomic E-state index is -0.691. The molecule has 2 atom stereocenters. The highest BCUT2D eigenvalue weighted by Crippen LogP contribution is 2.40. The van der Waals surface area contributed by atoms with Gasteiger partial charge in [-0.2, -0.15) is 5.26 Å². The molecule has 0 fully saturated rings. The molecule has 1 aliphatic rings. The summed E-state index contributed by atoms with van der Waals surface area (Å²) >= 11 is 1.52. The number of thiophene rings is 1. The van der Waals surface area contributed by atoms with Crippen LogP contribution in [0.25, 0.3) is 0 Å². The second kappa shape index (κ2) is 5.57. The lowest BCUT2D eigenvalue weighted by Gasteiger charge is -2.33. The number of nitriles is 1. The van der Waals surface area contributed by atoms with E-state index in [0.717, 1.165) is 12.8 Å². The molecule has 4 heteroatoms. The second-order valence-corrected chi connectivity index (χ2v) is 7.68. The van der Waals surface area contributed by atoms with Crippen LogP contribution in [0, 0.1) is 22.7 Å². The summed E-state index contributed by atoms with van der Waals surface area (Å²) < 4.78 is 5.07. The van der Waals surface area contributed by atoms with Crippen molar-refractivity contribution in [3.8, 4) is 6.07 Å². The number of hydrogen-bond donors (Lipinski definition) is 0.